The van der Waals surface area contributed by atoms with Gasteiger partial charge in [-0.1, -0.05) is 72.8 Å². The number of pyridine rings is 1. The second-order valence-corrected chi connectivity index (χ2v) is 17.0. The third-order valence-corrected chi connectivity index (χ3v) is 13.1. The van der Waals surface area contributed by atoms with Crippen LogP contribution >= 0.6 is 0 Å². The first kappa shape index (κ1) is 41.5. The van der Waals surface area contributed by atoms with E-state index in [0.717, 1.165) is 102 Å². The van der Waals surface area contributed by atoms with Crippen molar-refractivity contribution in [3.63, 3.8) is 0 Å². The number of methoxy groups -OCH3 is 1. The zero-order valence-electron chi connectivity index (χ0n) is 35.6. The van der Waals surface area contributed by atoms with Gasteiger partial charge in [0.25, 0.3) is 5.91 Å². The first-order chi connectivity index (χ1) is 30.7. The molecule has 3 fully saturated rings. The fourth-order valence-electron chi connectivity index (χ4n) is 9.82. The minimum absolute atomic E-state index is 0.139. The Hall–Kier alpha value is -6.83. The second-order valence-electron chi connectivity index (χ2n) is 17.0. The summed E-state index contributed by atoms with van der Waals surface area (Å²) in [5.41, 5.74) is 6.47. The van der Waals surface area contributed by atoms with Crippen molar-refractivity contribution in [3.05, 3.63) is 138 Å². The summed E-state index contributed by atoms with van der Waals surface area (Å²) in [6, 6.07) is 27.2. The van der Waals surface area contributed by atoms with Gasteiger partial charge < -0.3 is 35.1 Å². The van der Waals surface area contributed by atoms with Crippen molar-refractivity contribution in [2.75, 3.05) is 20.2 Å². The Labute approximate surface area is 366 Å². The minimum Gasteiger partial charge on any atom is -0.453 e. The molecule has 3 aromatic heterocycles. The number of benzene rings is 3. The van der Waals surface area contributed by atoms with Gasteiger partial charge in [0.15, 0.2) is 0 Å². The van der Waals surface area contributed by atoms with Crippen molar-refractivity contribution in [3.8, 4) is 11.3 Å². The van der Waals surface area contributed by atoms with Gasteiger partial charge in [0, 0.05) is 60.4 Å². The number of imidazole rings is 2. The topological polar surface area (TPSA) is 178 Å². The molecule has 14 heteroatoms. The van der Waals surface area contributed by atoms with E-state index in [-0.39, 0.29) is 29.8 Å². The molecule has 0 bridgehead atoms. The van der Waals surface area contributed by atoms with Crippen LogP contribution in [0.1, 0.15) is 128 Å². The fraction of sp³-hybridized carbons (Fsp3) is 0.367. The number of carbonyl (C=O) groups is 4. The third kappa shape index (κ3) is 8.79. The lowest BCUT2D eigenvalue weighted by Crippen LogP contribution is -2.42. The van der Waals surface area contributed by atoms with E-state index in [1.165, 1.54) is 14.0 Å². The minimum atomic E-state index is -0.856. The highest BCUT2D eigenvalue weighted by atomic mass is 16.5. The average molecular weight is 848 g/mol. The van der Waals surface area contributed by atoms with Gasteiger partial charge in [-0.05, 0) is 80.7 Å². The lowest BCUT2D eigenvalue weighted by Gasteiger charge is -2.29. The molecule has 0 radical (unpaired) electrons. The summed E-state index contributed by atoms with van der Waals surface area (Å²) in [6.07, 6.45) is 10.4. The van der Waals surface area contributed by atoms with Gasteiger partial charge in [0.05, 0.1) is 36.6 Å². The number of alkyl carbamates (subject to hydrolysis) is 1. The molecule has 1 saturated carbocycles. The van der Waals surface area contributed by atoms with E-state index in [4.69, 9.17) is 19.7 Å². The van der Waals surface area contributed by atoms with Crippen LogP contribution in [0.15, 0.2) is 103 Å². The maximum Gasteiger partial charge on any atom is 0.407 e. The van der Waals surface area contributed by atoms with Gasteiger partial charge >= 0.3 is 6.09 Å². The number of hydrogen-bond acceptors (Lipinski definition) is 8. The van der Waals surface area contributed by atoms with Crippen LogP contribution < -0.4 is 10.6 Å². The van der Waals surface area contributed by atoms with E-state index in [9.17, 15) is 19.2 Å². The number of H-pyrrole nitrogens is 2. The van der Waals surface area contributed by atoms with E-state index in [1.54, 1.807) is 0 Å². The zero-order valence-corrected chi connectivity index (χ0v) is 35.6. The number of aromatic nitrogens is 5. The molecule has 3 aromatic carbocycles. The molecular weight excluding hydrogens is 795 g/mol. The Morgan fingerprint density at radius 1 is 0.683 bits per heavy atom. The normalized spacial score (nSPS) is 20.9. The van der Waals surface area contributed by atoms with E-state index in [2.05, 4.69) is 50.9 Å². The number of ether oxygens (including phenoxy) is 1. The van der Waals surface area contributed by atoms with Gasteiger partial charge in [0.1, 0.15) is 23.7 Å². The van der Waals surface area contributed by atoms with Crippen LogP contribution in [0.4, 0.5) is 4.79 Å². The number of carbonyl (C=O) groups excluding carboxylic acids is 4. The van der Waals surface area contributed by atoms with E-state index >= 15 is 0 Å². The predicted molar refractivity (Wildman–Crippen MR) is 237 cm³/mol. The summed E-state index contributed by atoms with van der Waals surface area (Å²) in [4.78, 5) is 77.7. The van der Waals surface area contributed by atoms with Crippen molar-refractivity contribution in [2.24, 2.45) is 0 Å². The van der Waals surface area contributed by atoms with Crippen LogP contribution in [-0.4, -0.2) is 78.7 Å². The Bertz CT molecular complexity index is 2590. The molecule has 324 valence electrons. The highest BCUT2D eigenvalue weighted by Gasteiger charge is 2.39. The van der Waals surface area contributed by atoms with Crippen LogP contribution in [0.25, 0.3) is 22.2 Å². The maximum atomic E-state index is 14.0. The summed E-state index contributed by atoms with van der Waals surface area (Å²) in [7, 11) is 1.29. The van der Waals surface area contributed by atoms with Crippen LogP contribution in [-0.2, 0) is 19.1 Å². The number of amides is 4. The molecule has 2 saturated heterocycles. The average Bonchev–Trinajstić information content (AvgIpc) is 4.17. The lowest BCUT2D eigenvalue weighted by molar-refractivity contribution is -0.137. The smallest absolute Gasteiger partial charge is 0.407 e. The first-order valence-electron chi connectivity index (χ1n) is 22.1. The van der Waals surface area contributed by atoms with Gasteiger partial charge in [0.2, 0.25) is 11.8 Å². The van der Waals surface area contributed by atoms with Crippen molar-refractivity contribution in [1.29, 1.82) is 0 Å². The summed E-state index contributed by atoms with van der Waals surface area (Å²) >= 11 is 0. The quantitative estimate of drug-likeness (QED) is 0.101. The Morgan fingerprint density at radius 2 is 1.27 bits per heavy atom. The van der Waals surface area contributed by atoms with Crippen molar-refractivity contribution in [1.82, 2.24) is 45.4 Å². The maximum absolute atomic E-state index is 14.0. The molecule has 0 spiro atoms. The molecule has 4 amide bonds. The van der Waals surface area contributed by atoms with Crippen LogP contribution in [0, 0.1) is 0 Å². The van der Waals surface area contributed by atoms with Gasteiger partial charge in [-0.3, -0.25) is 19.4 Å². The van der Waals surface area contributed by atoms with Crippen molar-refractivity contribution >= 4 is 34.7 Å². The number of fused-ring (bicyclic) bond motifs is 1. The van der Waals surface area contributed by atoms with E-state index < -0.39 is 18.2 Å². The SMILES string of the molecule is COC(=O)N[C@@H](C(=O)N1CCC[C@H]1c1ncc(C2CCC(c3ccc4cc(-c5cnc([C@@H]6CCCN6C(=O)[C@H](NC(C)=O)c6ccccc6)[nH]5)ccc4n3)CC2)[nH]1)c1ccccc1. The standard InChI is InChI=1S/C49H53N9O5/c1-30(59)52-43(33-11-5-3-6-12-33)47(60)57-25-9-16-42(57)46-51-29-40(55-46)36-22-24-38-35(27-36)21-23-37(53-38)31-17-19-32(20-18-31)39-28-50-45(54-39)41-15-10-26-58(41)48(61)44(56-49(62)63-2)34-13-7-4-8-14-34/h3-8,11-14,21-24,27-29,31-32,41-44H,9-10,15-20,25-26H2,1-2H3,(H,50,54)(H,51,55)(H,52,59)(H,56,62)/t31?,32?,41-,42-,43+,44+/m0/s1. The zero-order chi connectivity index (χ0) is 43.5. The molecule has 4 N–H and O–H groups in total. The Morgan fingerprint density at radius 3 is 1.89 bits per heavy atom. The summed E-state index contributed by atoms with van der Waals surface area (Å²) < 4.78 is 4.85. The molecule has 14 nitrogen and oxygen atoms in total. The molecule has 4 atom stereocenters. The van der Waals surface area contributed by atoms with E-state index in [1.807, 2.05) is 82.9 Å². The molecule has 63 heavy (non-hydrogen) atoms. The van der Waals surface area contributed by atoms with Crippen LogP contribution in [0.3, 0.4) is 0 Å². The van der Waals surface area contributed by atoms with Gasteiger partial charge in [-0.15, -0.1) is 0 Å². The van der Waals surface area contributed by atoms with Crippen molar-refractivity contribution < 1.29 is 23.9 Å². The molecule has 3 aliphatic rings. The van der Waals surface area contributed by atoms with Crippen LogP contribution in [0.5, 0.6) is 0 Å². The predicted octanol–water partition coefficient (Wildman–Crippen LogP) is 8.09. The second kappa shape index (κ2) is 18.3. The van der Waals surface area contributed by atoms with Crippen molar-refractivity contribution in [2.45, 2.75) is 94.3 Å². The molecule has 9 rings (SSSR count). The number of likely N-dealkylation sites (tertiary alicyclic amines) is 2. The summed E-state index contributed by atoms with van der Waals surface area (Å²) in [6.45, 7) is 2.61. The highest BCUT2D eigenvalue weighted by Crippen LogP contribution is 2.41. The first-order valence-corrected chi connectivity index (χ1v) is 22.1. The number of aromatic amines is 2. The number of hydrogen-bond donors (Lipinski definition) is 4. The summed E-state index contributed by atoms with van der Waals surface area (Å²) in [5, 5.41) is 6.64. The molecular formula is C49H53N9O5. The number of rotatable bonds is 11. The molecule has 1 aliphatic carbocycles. The highest BCUT2D eigenvalue weighted by molar-refractivity contribution is 5.89. The van der Waals surface area contributed by atoms with Gasteiger partial charge in [-0.2, -0.15) is 0 Å². The summed E-state index contributed by atoms with van der Waals surface area (Å²) in [5.74, 6) is 1.64. The third-order valence-electron chi connectivity index (χ3n) is 13.1. The lowest BCUT2D eigenvalue weighted by atomic mass is 9.79. The van der Waals surface area contributed by atoms with Crippen LogP contribution in [0.2, 0.25) is 0 Å². The molecule has 2 aliphatic heterocycles. The molecule has 0 unspecified atom stereocenters. The monoisotopic (exact) mass is 847 g/mol. The number of nitrogens with one attached hydrogen (secondary N) is 4. The van der Waals surface area contributed by atoms with Gasteiger partial charge in [-0.25, -0.2) is 14.8 Å². The Balaban J connectivity index is 0.830. The molecule has 6 aromatic rings. The van der Waals surface area contributed by atoms with E-state index in [0.29, 0.717) is 30.5 Å². The largest absolute Gasteiger partial charge is 0.453 e. The Kier molecular flexibility index (Phi) is 12.0. The fourth-order valence-corrected chi connectivity index (χ4v) is 9.82. The molecule has 5 heterocycles. The number of nitrogens with zero attached hydrogens (tertiary/aromatic N) is 5.